The Kier molecular flexibility index (Phi) is 5.42. The molecule has 1 aromatic rings. The normalized spacial score (nSPS) is 16.6. The molecular formula is C13H20BrN3O2S. The zero-order valence-electron chi connectivity index (χ0n) is 11.3. The van der Waals surface area contributed by atoms with Crippen LogP contribution in [0.25, 0.3) is 0 Å². The van der Waals surface area contributed by atoms with E-state index in [0.717, 1.165) is 26.1 Å². The topological polar surface area (TPSA) is 75.4 Å². The van der Waals surface area contributed by atoms with Crippen LogP contribution in [-0.4, -0.2) is 39.5 Å². The van der Waals surface area contributed by atoms with Crippen molar-refractivity contribution in [1.82, 2.24) is 9.62 Å². The van der Waals surface area contributed by atoms with Crippen LogP contribution < -0.4 is 10.5 Å². The Morgan fingerprint density at radius 3 is 2.65 bits per heavy atom. The number of sulfonamides is 1. The molecule has 1 saturated heterocycles. The summed E-state index contributed by atoms with van der Waals surface area (Å²) in [7, 11) is -3.45. The minimum absolute atomic E-state index is 0.236. The number of nitrogens with zero attached hydrogens (tertiary/aromatic N) is 1. The molecule has 1 aliphatic heterocycles. The number of hydrogen-bond acceptors (Lipinski definition) is 4. The van der Waals surface area contributed by atoms with Gasteiger partial charge in [0.25, 0.3) is 0 Å². The van der Waals surface area contributed by atoms with E-state index >= 15 is 0 Å². The molecule has 0 aromatic heterocycles. The summed E-state index contributed by atoms with van der Waals surface area (Å²) in [6.45, 7) is 3.68. The number of anilines is 1. The van der Waals surface area contributed by atoms with E-state index in [1.54, 1.807) is 6.07 Å². The van der Waals surface area contributed by atoms with Gasteiger partial charge in [0.2, 0.25) is 10.0 Å². The van der Waals surface area contributed by atoms with E-state index in [1.165, 1.54) is 25.0 Å². The summed E-state index contributed by atoms with van der Waals surface area (Å²) in [5.74, 6) is 0. The molecule has 0 amide bonds. The molecule has 1 aliphatic rings. The highest BCUT2D eigenvalue weighted by atomic mass is 79.9. The Morgan fingerprint density at radius 1 is 1.30 bits per heavy atom. The molecule has 0 saturated carbocycles. The van der Waals surface area contributed by atoms with Crippen LogP contribution in [0.2, 0.25) is 0 Å². The molecule has 20 heavy (non-hydrogen) atoms. The first-order valence-corrected chi connectivity index (χ1v) is 9.04. The van der Waals surface area contributed by atoms with E-state index in [0.29, 0.717) is 16.7 Å². The Hall–Kier alpha value is -0.630. The smallest absolute Gasteiger partial charge is 0.240 e. The van der Waals surface area contributed by atoms with Gasteiger partial charge in [-0.15, -0.1) is 0 Å². The van der Waals surface area contributed by atoms with E-state index in [-0.39, 0.29) is 4.90 Å². The van der Waals surface area contributed by atoms with Crippen molar-refractivity contribution in [3.05, 3.63) is 22.7 Å². The first-order valence-electron chi connectivity index (χ1n) is 6.76. The van der Waals surface area contributed by atoms with Crippen molar-refractivity contribution in [3.8, 4) is 0 Å². The molecule has 2 rings (SSSR count). The average Bonchev–Trinajstić information content (AvgIpc) is 2.91. The van der Waals surface area contributed by atoms with Gasteiger partial charge in [0.05, 0.1) is 4.90 Å². The fourth-order valence-electron chi connectivity index (χ4n) is 2.27. The van der Waals surface area contributed by atoms with E-state index < -0.39 is 10.0 Å². The standard InChI is InChI=1S/C13H20BrN3O2S/c14-12-10-11(4-5-13(12)15)20(18,19)16-6-3-9-17-7-1-2-8-17/h4-5,10,16H,1-3,6-9,15H2. The van der Waals surface area contributed by atoms with Gasteiger partial charge in [0.15, 0.2) is 0 Å². The van der Waals surface area contributed by atoms with Crippen molar-refractivity contribution < 1.29 is 8.42 Å². The number of nitrogen functional groups attached to an aromatic ring is 1. The van der Waals surface area contributed by atoms with E-state index in [9.17, 15) is 8.42 Å². The lowest BCUT2D eigenvalue weighted by Gasteiger charge is -2.14. The summed E-state index contributed by atoms with van der Waals surface area (Å²) in [4.78, 5) is 2.61. The Bertz CT molecular complexity index is 557. The first-order chi connectivity index (χ1) is 9.49. The molecule has 1 heterocycles. The van der Waals surface area contributed by atoms with Gasteiger partial charge in [-0.1, -0.05) is 0 Å². The van der Waals surface area contributed by atoms with Crippen molar-refractivity contribution in [2.45, 2.75) is 24.2 Å². The second-order valence-corrected chi connectivity index (χ2v) is 7.60. The third kappa shape index (κ3) is 4.18. The highest BCUT2D eigenvalue weighted by molar-refractivity contribution is 9.10. The van der Waals surface area contributed by atoms with Gasteiger partial charge >= 0.3 is 0 Å². The van der Waals surface area contributed by atoms with Crippen LogP contribution in [0, 0.1) is 0 Å². The fraction of sp³-hybridized carbons (Fsp3) is 0.538. The highest BCUT2D eigenvalue weighted by Gasteiger charge is 2.15. The minimum Gasteiger partial charge on any atom is -0.398 e. The summed E-state index contributed by atoms with van der Waals surface area (Å²) in [6.07, 6.45) is 3.34. The Balaban J connectivity index is 1.85. The van der Waals surface area contributed by atoms with Crippen LogP contribution in [0.3, 0.4) is 0 Å². The molecular weight excluding hydrogens is 342 g/mol. The van der Waals surface area contributed by atoms with Gasteiger partial charge in [-0.2, -0.15) is 0 Å². The molecule has 1 fully saturated rings. The SMILES string of the molecule is Nc1ccc(S(=O)(=O)NCCCN2CCCC2)cc1Br. The van der Waals surface area contributed by atoms with Gasteiger partial charge in [-0.25, -0.2) is 13.1 Å². The fourth-order valence-corrected chi connectivity index (χ4v) is 3.90. The van der Waals surface area contributed by atoms with Crippen molar-refractivity contribution in [1.29, 1.82) is 0 Å². The lowest BCUT2D eigenvalue weighted by molar-refractivity contribution is 0.334. The summed E-state index contributed by atoms with van der Waals surface area (Å²) < 4.78 is 27.4. The number of nitrogens with one attached hydrogen (secondary N) is 1. The van der Waals surface area contributed by atoms with Crippen LogP contribution in [-0.2, 0) is 10.0 Å². The third-order valence-electron chi connectivity index (χ3n) is 3.42. The lowest BCUT2D eigenvalue weighted by atomic mass is 10.3. The zero-order valence-corrected chi connectivity index (χ0v) is 13.7. The van der Waals surface area contributed by atoms with E-state index in [4.69, 9.17) is 5.73 Å². The van der Waals surface area contributed by atoms with Gasteiger partial charge in [-0.3, -0.25) is 0 Å². The number of benzene rings is 1. The predicted molar refractivity (Wildman–Crippen MR) is 84.0 cm³/mol. The molecule has 112 valence electrons. The Morgan fingerprint density at radius 2 is 2.00 bits per heavy atom. The molecule has 0 spiro atoms. The molecule has 5 nitrogen and oxygen atoms in total. The molecule has 0 unspecified atom stereocenters. The largest absolute Gasteiger partial charge is 0.398 e. The average molecular weight is 362 g/mol. The maximum absolute atomic E-state index is 12.1. The van der Waals surface area contributed by atoms with Gasteiger partial charge in [0.1, 0.15) is 0 Å². The summed E-state index contributed by atoms with van der Waals surface area (Å²) >= 11 is 3.24. The highest BCUT2D eigenvalue weighted by Crippen LogP contribution is 2.22. The second kappa shape index (κ2) is 6.89. The molecule has 0 bridgehead atoms. The van der Waals surface area contributed by atoms with Crippen LogP contribution in [0.15, 0.2) is 27.6 Å². The molecule has 0 aliphatic carbocycles. The first kappa shape index (κ1) is 15.8. The van der Waals surface area contributed by atoms with Gasteiger partial charge < -0.3 is 10.6 Å². The van der Waals surface area contributed by atoms with Crippen molar-refractivity contribution in [2.75, 3.05) is 31.9 Å². The van der Waals surface area contributed by atoms with Gasteiger partial charge in [0, 0.05) is 16.7 Å². The quantitative estimate of drug-likeness (QED) is 0.598. The molecule has 1 aromatic carbocycles. The third-order valence-corrected chi connectivity index (χ3v) is 5.57. The summed E-state index contributed by atoms with van der Waals surface area (Å²) in [6, 6.07) is 4.63. The number of nitrogens with two attached hydrogens (primary N) is 1. The monoisotopic (exact) mass is 361 g/mol. The molecule has 0 radical (unpaired) electrons. The zero-order chi connectivity index (χ0) is 14.6. The van der Waals surface area contributed by atoms with Crippen LogP contribution >= 0.6 is 15.9 Å². The van der Waals surface area contributed by atoms with Crippen LogP contribution in [0.5, 0.6) is 0 Å². The molecule has 3 N–H and O–H groups in total. The number of hydrogen-bond donors (Lipinski definition) is 2. The minimum atomic E-state index is -3.45. The number of halogens is 1. The Labute approximate surface area is 128 Å². The van der Waals surface area contributed by atoms with E-state index in [2.05, 4.69) is 25.6 Å². The summed E-state index contributed by atoms with van der Waals surface area (Å²) in [5.41, 5.74) is 6.18. The number of rotatable bonds is 6. The van der Waals surface area contributed by atoms with Crippen molar-refractivity contribution in [2.24, 2.45) is 0 Å². The van der Waals surface area contributed by atoms with Crippen molar-refractivity contribution >= 4 is 31.6 Å². The number of likely N-dealkylation sites (tertiary alicyclic amines) is 1. The molecule has 7 heteroatoms. The maximum atomic E-state index is 12.1. The molecule has 0 atom stereocenters. The lowest BCUT2D eigenvalue weighted by Crippen LogP contribution is -2.28. The summed E-state index contributed by atoms with van der Waals surface area (Å²) in [5, 5.41) is 0. The van der Waals surface area contributed by atoms with Gasteiger partial charge in [-0.05, 0) is 73.0 Å². The van der Waals surface area contributed by atoms with Crippen molar-refractivity contribution in [3.63, 3.8) is 0 Å². The second-order valence-electron chi connectivity index (χ2n) is 4.98. The maximum Gasteiger partial charge on any atom is 0.240 e. The van der Waals surface area contributed by atoms with Crippen LogP contribution in [0.1, 0.15) is 19.3 Å². The van der Waals surface area contributed by atoms with Crippen LogP contribution in [0.4, 0.5) is 5.69 Å². The van der Waals surface area contributed by atoms with E-state index in [1.807, 2.05) is 0 Å². The predicted octanol–water partition coefficient (Wildman–Crippen LogP) is 1.80.